The summed E-state index contributed by atoms with van der Waals surface area (Å²) in [6, 6.07) is 3.73. The molecule has 2 rings (SSSR count). The zero-order valence-corrected chi connectivity index (χ0v) is 14.1. The highest BCUT2D eigenvalue weighted by atomic mass is 79.9. The molecule has 0 saturated heterocycles. The number of anilines is 1. The van der Waals surface area contributed by atoms with Crippen LogP contribution in [0.2, 0.25) is 0 Å². The van der Waals surface area contributed by atoms with Gasteiger partial charge in [-0.25, -0.2) is 9.89 Å². The third kappa shape index (κ3) is 4.36. The first kappa shape index (κ1) is 15.6. The van der Waals surface area contributed by atoms with Gasteiger partial charge in [-0.1, -0.05) is 0 Å². The van der Waals surface area contributed by atoms with E-state index in [0.717, 1.165) is 20.3 Å². The molecule has 0 spiro atoms. The minimum Gasteiger partial charge on any atom is -0.492 e. The number of H-pyrrole nitrogens is 1. The van der Waals surface area contributed by atoms with E-state index in [1.807, 2.05) is 19.1 Å². The van der Waals surface area contributed by atoms with E-state index in [1.165, 1.54) is 6.20 Å². The summed E-state index contributed by atoms with van der Waals surface area (Å²) < 4.78 is 7.13. The number of aromatic nitrogens is 3. The van der Waals surface area contributed by atoms with E-state index in [1.54, 1.807) is 6.21 Å². The van der Waals surface area contributed by atoms with Crippen LogP contribution in [-0.2, 0) is 0 Å². The molecular formula is C12H11Br2N5O2. The van der Waals surface area contributed by atoms with Crippen LogP contribution in [0.3, 0.4) is 0 Å². The Labute approximate surface area is 137 Å². The Bertz CT molecular complexity index is 694. The Hall–Kier alpha value is -1.74. The topological polar surface area (TPSA) is 92.3 Å². The predicted molar refractivity (Wildman–Crippen MR) is 86.9 cm³/mol. The highest BCUT2D eigenvalue weighted by Gasteiger charge is 2.07. The van der Waals surface area contributed by atoms with E-state index in [0.29, 0.717) is 6.61 Å². The van der Waals surface area contributed by atoms with Crippen LogP contribution < -0.4 is 15.9 Å². The van der Waals surface area contributed by atoms with Gasteiger partial charge in [0.05, 0.1) is 28.0 Å². The largest absolute Gasteiger partial charge is 0.492 e. The second kappa shape index (κ2) is 7.32. The number of hydrazone groups is 1. The lowest BCUT2D eigenvalue weighted by Gasteiger charge is -2.09. The van der Waals surface area contributed by atoms with Crippen molar-refractivity contribution in [3.8, 4) is 5.75 Å². The maximum Gasteiger partial charge on any atom is 0.363 e. The Balaban J connectivity index is 2.12. The number of benzene rings is 1. The molecule has 0 radical (unpaired) electrons. The number of halogens is 2. The van der Waals surface area contributed by atoms with Crippen molar-refractivity contribution in [3.05, 3.63) is 43.3 Å². The first-order chi connectivity index (χ1) is 10.1. The van der Waals surface area contributed by atoms with Crippen LogP contribution in [0.5, 0.6) is 5.75 Å². The first-order valence-electron chi connectivity index (χ1n) is 5.92. The van der Waals surface area contributed by atoms with Gasteiger partial charge in [-0.05, 0) is 56.5 Å². The van der Waals surface area contributed by atoms with Crippen LogP contribution in [0.4, 0.5) is 5.82 Å². The second-order valence-electron chi connectivity index (χ2n) is 3.79. The van der Waals surface area contributed by atoms with Gasteiger partial charge in [0.1, 0.15) is 5.75 Å². The fourth-order valence-electron chi connectivity index (χ4n) is 1.47. The predicted octanol–water partition coefficient (Wildman–Crippen LogP) is 2.53. The number of aromatic amines is 1. The van der Waals surface area contributed by atoms with Crippen molar-refractivity contribution in [1.29, 1.82) is 0 Å². The number of rotatable bonds is 5. The molecular weight excluding hydrogens is 406 g/mol. The summed E-state index contributed by atoms with van der Waals surface area (Å²) >= 11 is 6.88. The number of hydrogen-bond donors (Lipinski definition) is 2. The van der Waals surface area contributed by atoms with Gasteiger partial charge >= 0.3 is 5.69 Å². The molecule has 2 N–H and O–H groups in total. The second-order valence-corrected chi connectivity index (χ2v) is 5.50. The van der Waals surface area contributed by atoms with Crippen molar-refractivity contribution in [2.24, 2.45) is 5.10 Å². The first-order valence-corrected chi connectivity index (χ1v) is 7.51. The molecule has 0 saturated carbocycles. The minimum absolute atomic E-state index is 0.263. The normalized spacial score (nSPS) is 10.8. The van der Waals surface area contributed by atoms with Crippen molar-refractivity contribution in [2.75, 3.05) is 12.0 Å². The Morgan fingerprint density at radius 2 is 2.14 bits per heavy atom. The lowest BCUT2D eigenvalue weighted by atomic mass is 10.2. The molecule has 0 atom stereocenters. The Morgan fingerprint density at radius 3 is 2.76 bits per heavy atom. The maximum absolute atomic E-state index is 11.0. The third-order valence-corrected chi connectivity index (χ3v) is 3.45. The van der Waals surface area contributed by atoms with Gasteiger partial charge in [0.25, 0.3) is 0 Å². The lowest BCUT2D eigenvalue weighted by Crippen LogP contribution is -2.13. The van der Waals surface area contributed by atoms with Crippen molar-refractivity contribution >= 4 is 43.9 Å². The number of nitrogens with zero attached hydrogens (tertiary/aromatic N) is 3. The molecule has 1 aromatic carbocycles. The standard InChI is InChI=1S/C12H11Br2N5O2/c1-2-21-11-8(13)3-7(4-9(11)14)5-15-18-10-6-16-19-12(20)17-10/h3-6H,2H2,1H3,(H2,17,18,19,20)/b15-5+. The van der Waals surface area contributed by atoms with Crippen molar-refractivity contribution in [1.82, 2.24) is 15.2 Å². The van der Waals surface area contributed by atoms with Crippen LogP contribution in [0.15, 0.2) is 37.2 Å². The van der Waals surface area contributed by atoms with Gasteiger partial charge in [-0.2, -0.15) is 15.2 Å². The average molecular weight is 417 g/mol. The van der Waals surface area contributed by atoms with Crippen LogP contribution >= 0.6 is 31.9 Å². The molecule has 0 aliphatic carbocycles. The molecule has 2 aromatic rings. The zero-order chi connectivity index (χ0) is 15.2. The molecule has 21 heavy (non-hydrogen) atoms. The van der Waals surface area contributed by atoms with Gasteiger partial charge in [-0.3, -0.25) is 5.43 Å². The molecule has 0 aliphatic rings. The van der Waals surface area contributed by atoms with E-state index in [4.69, 9.17) is 4.74 Å². The number of hydrogen-bond acceptors (Lipinski definition) is 6. The Morgan fingerprint density at radius 1 is 1.43 bits per heavy atom. The van der Waals surface area contributed by atoms with Crippen molar-refractivity contribution in [2.45, 2.75) is 6.92 Å². The molecule has 0 bridgehead atoms. The van der Waals surface area contributed by atoms with Crippen molar-refractivity contribution < 1.29 is 4.74 Å². The lowest BCUT2D eigenvalue weighted by molar-refractivity contribution is 0.336. The van der Waals surface area contributed by atoms with Gasteiger partial charge in [-0.15, -0.1) is 0 Å². The van der Waals surface area contributed by atoms with E-state index >= 15 is 0 Å². The molecule has 1 aromatic heterocycles. The zero-order valence-electron chi connectivity index (χ0n) is 10.9. The summed E-state index contributed by atoms with van der Waals surface area (Å²) in [5.41, 5.74) is 2.92. The average Bonchev–Trinajstić information content (AvgIpc) is 2.43. The highest BCUT2D eigenvalue weighted by molar-refractivity contribution is 9.11. The van der Waals surface area contributed by atoms with Crippen LogP contribution in [0, 0.1) is 0 Å². The van der Waals surface area contributed by atoms with Crippen molar-refractivity contribution in [3.63, 3.8) is 0 Å². The summed E-state index contributed by atoms with van der Waals surface area (Å²) in [6.07, 6.45) is 2.96. The summed E-state index contributed by atoms with van der Waals surface area (Å²) in [7, 11) is 0. The van der Waals surface area contributed by atoms with Gasteiger partial charge in [0, 0.05) is 0 Å². The highest BCUT2D eigenvalue weighted by Crippen LogP contribution is 2.34. The number of nitrogens with one attached hydrogen (secondary N) is 2. The summed E-state index contributed by atoms with van der Waals surface area (Å²) in [5.74, 6) is 1.00. The molecule has 7 nitrogen and oxygen atoms in total. The van der Waals surface area contributed by atoms with Gasteiger partial charge in [0.15, 0.2) is 5.82 Å². The quantitative estimate of drug-likeness (QED) is 0.577. The van der Waals surface area contributed by atoms with Gasteiger partial charge < -0.3 is 4.74 Å². The van der Waals surface area contributed by atoms with E-state index in [2.05, 4.69) is 57.6 Å². The van der Waals surface area contributed by atoms with Crippen LogP contribution in [0.1, 0.15) is 12.5 Å². The van der Waals surface area contributed by atoms with E-state index in [-0.39, 0.29) is 5.82 Å². The smallest absolute Gasteiger partial charge is 0.363 e. The molecule has 1 heterocycles. The summed E-state index contributed by atoms with van der Waals surface area (Å²) in [5, 5.41) is 9.78. The third-order valence-electron chi connectivity index (χ3n) is 2.27. The van der Waals surface area contributed by atoms with Crippen LogP contribution in [-0.4, -0.2) is 28.0 Å². The Kier molecular flexibility index (Phi) is 5.45. The van der Waals surface area contributed by atoms with E-state index in [9.17, 15) is 4.79 Å². The molecule has 0 fully saturated rings. The molecule has 0 aliphatic heterocycles. The molecule has 0 amide bonds. The van der Waals surface area contributed by atoms with Gasteiger partial charge in [0.2, 0.25) is 0 Å². The summed E-state index contributed by atoms with van der Waals surface area (Å²) in [6.45, 7) is 2.49. The SMILES string of the molecule is CCOc1c(Br)cc(/C=N/Nc2cn[nH]c(=O)n2)cc1Br. The molecule has 0 unspecified atom stereocenters. The molecule has 9 heteroatoms. The fourth-order valence-corrected chi connectivity index (χ4v) is 2.93. The number of ether oxygens (including phenoxy) is 1. The van der Waals surface area contributed by atoms with E-state index < -0.39 is 5.69 Å². The maximum atomic E-state index is 11.0. The van der Waals surface area contributed by atoms with Crippen LogP contribution in [0.25, 0.3) is 0 Å². The fraction of sp³-hybridized carbons (Fsp3) is 0.167. The monoisotopic (exact) mass is 415 g/mol. The minimum atomic E-state index is -0.540. The summed E-state index contributed by atoms with van der Waals surface area (Å²) in [4.78, 5) is 14.6. The molecule has 110 valence electrons.